The minimum atomic E-state index is 0.0208. The zero-order valence-corrected chi connectivity index (χ0v) is 14.8. The second-order valence-electron chi connectivity index (χ2n) is 7.41. The predicted octanol–water partition coefficient (Wildman–Crippen LogP) is 0.838. The van der Waals surface area contributed by atoms with Gasteiger partial charge < -0.3 is 19.5 Å². The zero-order valence-electron chi connectivity index (χ0n) is 14.8. The fraction of sp³-hybridized carbons (Fsp3) is 0.824. The zero-order chi connectivity index (χ0) is 17.1. The number of nitrogens with zero attached hydrogens (tertiary/aromatic N) is 5. The third-order valence-corrected chi connectivity index (χ3v) is 5.96. The van der Waals surface area contributed by atoms with Gasteiger partial charge in [-0.05, 0) is 12.8 Å². The van der Waals surface area contributed by atoms with Crippen LogP contribution in [0, 0.1) is 0 Å². The maximum Gasteiger partial charge on any atom is 0.317 e. The van der Waals surface area contributed by atoms with Gasteiger partial charge in [0.1, 0.15) is 6.33 Å². The lowest BCUT2D eigenvalue weighted by Crippen LogP contribution is -2.60. The molecule has 1 aromatic heterocycles. The van der Waals surface area contributed by atoms with Crippen LogP contribution in [0.4, 0.5) is 4.79 Å². The maximum atomic E-state index is 12.7. The molecule has 2 amide bonds. The molecule has 0 atom stereocenters. The molecule has 138 valence electrons. The van der Waals surface area contributed by atoms with Gasteiger partial charge in [0, 0.05) is 38.3 Å². The molecule has 0 aromatic carbocycles. The van der Waals surface area contributed by atoms with E-state index in [1.165, 1.54) is 32.1 Å². The van der Waals surface area contributed by atoms with Crippen LogP contribution in [0.2, 0.25) is 0 Å². The Hall–Kier alpha value is -1.67. The van der Waals surface area contributed by atoms with Crippen LogP contribution in [-0.4, -0.2) is 75.5 Å². The van der Waals surface area contributed by atoms with Gasteiger partial charge >= 0.3 is 6.03 Å². The van der Waals surface area contributed by atoms with Gasteiger partial charge in [0.25, 0.3) is 0 Å². The van der Waals surface area contributed by atoms with Gasteiger partial charge in [0.2, 0.25) is 0 Å². The lowest BCUT2D eigenvalue weighted by Gasteiger charge is -2.48. The van der Waals surface area contributed by atoms with Crippen molar-refractivity contribution in [2.75, 3.05) is 39.4 Å². The second kappa shape index (κ2) is 7.29. The SMILES string of the molecule is O=C(NCC1(N2CCOCC2)CCCCC1)N1CCn2cnnc2C1. The molecule has 8 heteroatoms. The number of hydrogen-bond donors (Lipinski definition) is 1. The van der Waals surface area contributed by atoms with E-state index in [0.29, 0.717) is 13.1 Å². The molecular weight excluding hydrogens is 320 g/mol. The molecule has 3 aliphatic rings. The summed E-state index contributed by atoms with van der Waals surface area (Å²) in [6.45, 7) is 6.30. The topological polar surface area (TPSA) is 75.5 Å². The molecule has 0 spiro atoms. The first kappa shape index (κ1) is 16.8. The molecule has 2 aliphatic heterocycles. The Morgan fingerprint density at radius 2 is 1.96 bits per heavy atom. The molecule has 25 heavy (non-hydrogen) atoms. The monoisotopic (exact) mass is 348 g/mol. The number of urea groups is 1. The fourth-order valence-electron chi connectivity index (χ4n) is 4.44. The van der Waals surface area contributed by atoms with Crippen molar-refractivity contribution < 1.29 is 9.53 Å². The van der Waals surface area contributed by atoms with Crippen LogP contribution in [-0.2, 0) is 17.8 Å². The molecule has 1 N–H and O–H groups in total. The highest BCUT2D eigenvalue weighted by molar-refractivity contribution is 5.74. The van der Waals surface area contributed by atoms with E-state index in [2.05, 4.69) is 20.4 Å². The first-order chi connectivity index (χ1) is 12.3. The van der Waals surface area contributed by atoms with Crippen LogP contribution in [0.25, 0.3) is 0 Å². The smallest absolute Gasteiger partial charge is 0.317 e. The largest absolute Gasteiger partial charge is 0.379 e. The van der Waals surface area contributed by atoms with Crippen molar-refractivity contribution in [1.29, 1.82) is 0 Å². The summed E-state index contributed by atoms with van der Waals surface area (Å²) in [7, 11) is 0. The summed E-state index contributed by atoms with van der Waals surface area (Å²) < 4.78 is 7.54. The van der Waals surface area contributed by atoms with E-state index in [0.717, 1.165) is 45.2 Å². The lowest BCUT2D eigenvalue weighted by molar-refractivity contribution is -0.0361. The van der Waals surface area contributed by atoms with Gasteiger partial charge in [-0.3, -0.25) is 4.90 Å². The summed E-state index contributed by atoms with van der Waals surface area (Å²) in [5.41, 5.74) is 0.105. The Morgan fingerprint density at radius 3 is 2.76 bits per heavy atom. The molecule has 8 nitrogen and oxygen atoms in total. The first-order valence-electron chi connectivity index (χ1n) is 9.49. The van der Waals surface area contributed by atoms with Crippen molar-refractivity contribution in [2.45, 2.75) is 50.7 Å². The van der Waals surface area contributed by atoms with Crippen molar-refractivity contribution in [3.8, 4) is 0 Å². The summed E-state index contributed by atoms with van der Waals surface area (Å²) in [5, 5.41) is 11.3. The molecule has 3 heterocycles. The molecule has 2 fully saturated rings. The van der Waals surface area contributed by atoms with E-state index in [1.807, 2.05) is 9.47 Å². The van der Waals surface area contributed by atoms with Gasteiger partial charge in [-0.25, -0.2) is 4.79 Å². The quantitative estimate of drug-likeness (QED) is 0.876. The van der Waals surface area contributed by atoms with Crippen molar-refractivity contribution in [3.05, 3.63) is 12.2 Å². The summed E-state index contributed by atoms with van der Waals surface area (Å²) in [6, 6.07) is 0.0208. The van der Waals surface area contributed by atoms with Crippen molar-refractivity contribution in [2.24, 2.45) is 0 Å². The Morgan fingerprint density at radius 1 is 1.16 bits per heavy atom. The van der Waals surface area contributed by atoms with Gasteiger partial charge in [-0.15, -0.1) is 10.2 Å². The number of amides is 2. The molecule has 4 rings (SSSR count). The number of ether oxygens (including phenoxy) is 1. The number of morpholine rings is 1. The maximum absolute atomic E-state index is 12.7. The molecular formula is C17H28N6O2. The highest BCUT2D eigenvalue weighted by Crippen LogP contribution is 2.34. The normalized spacial score (nSPS) is 23.9. The number of nitrogens with one attached hydrogen (secondary N) is 1. The highest BCUT2D eigenvalue weighted by atomic mass is 16.5. The fourth-order valence-corrected chi connectivity index (χ4v) is 4.44. The number of aromatic nitrogens is 3. The minimum absolute atomic E-state index is 0.0208. The van der Waals surface area contributed by atoms with Gasteiger partial charge in [0.15, 0.2) is 5.82 Å². The van der Waals surface area contributed by atoms with Gasteiger partial charge in [0.05, 0.1) is 19.8 Å². The molecule has 1 aliphatic carbocycles. The van der Waals surface area contributed by atoms with Gasteiger partial charge in [-0.1, -0.05) is 19.3 Å². The molecule has 0 unspecified atom stereocenters. The van der Waals surface area contributed by atoms with Crippen LogP contribution in [0.5, 0.6) is 0 Å². The summed E-state index contributed by atoms with van der Waals surface area (Å²) in [6.07, 6.45) is 7.88. The highest BCUT2D eigenvalue weighted by Gasteiger charge is 2.39. The van der Waals surface area contributed by atoms with E-state index in [-0.39, 0.29) is 11.6 Å². The summed E-state index contributed by atoms with van der Waals surface area (Å²) in [4.78, 5) is 17.1. The minimum Gasteiger partial charge on any atom is -0.379 e. The van der Waals surface area contributed by atoms with Gasteiger partial charge in [-0.2, -0.15) is 0 Å². The number of rotatable bonds is 3. The molecule has 1 saturated heterocycles. The van der Waals surface area contributed by atoms with E-state index in [4.69, 9.17) is 4.74 Å². The van der Waals surface area contributed by atoms with E-state index in [9.17, 15) is 4.79 Å². The second-order valence-corrected chi connectivity index (χ2v) is 7.41. The third-order valence-electron chi connectivity index (χ3n) is 5.96. The van der Waals surface area contributed by atoms with E-state index >= 15 is 0 Å². The number of carbonyl (C=O) groups is 1. The van der Waals surface area contributed by atoms with E-state index < -0.39 is 0 Å². The standard InChI is InChI=1S/C17H28N6O2/c24-16(21-6-7-22-14-19-20-15(22)12-21)18-13-17(4-2-1-3-5-17)23-8-10-25-11-9-23/h14H,1-13H2,(H,18,24). The van der Waals surface area contributed by atoms with Crippen LogP contribution < -0.4 is 5.32 Å². The molecule has 0 bridgehead atoms. The predicted molar refractivity (Wildman–Crippen MR) is 92.0 cm³/mol. The van der Waals surface area contributed by atoms with Crippen LogP contribution in [0.1, 0.15) is 37.9 Å². The summed E-state index contributed by atoms with van der Waals surface area (Å²) in [5.74, 6) is 0.863. The van der Waals surface area contributed by atoms with Crippen molar-refractivity contribution in [1.82, 2.24) is 29.9 Å². The first-order valence-corrected chi connectivity index (χ1v) is 9.49. The third kappa shape index (κ3) is 3.50. The Kier molecular flexibility index (Phi) is 4.89. The number of fused-ring (bicyclic) bond motifs is 1. The Balaban J connectivity index is 1.38. The van der Waals surface area contributed by atoms with Crippen molar-refractivity contribution >= 4 is 6.03 Å². The Labute approximate surface area is 148 Å². The van der Waals surface area contributed by atoms with Crippen molar-refractivity contribution in [3.63, 3.8) is 0 Å². The number of hydrogen-bond acceptors (Lipinski definition) is 5. The number of carbonyl (C=O) groups excluding carboxylic acids is 1. The molecule has 1 saturated carbocycles. The van der Waals surface area contributed by atoms with Crippen LogP contribution >= 0.6 is 0 Å². The van der Waals surface area contributed by atoms with E-state index in [1.54, 1.807) is 6.33 Å². The lowest BCUT2D eigenvalue weighted by atomic mass is 9.80. The van der Waals surface area contributed by atoms with Crippen LogP contribution in [0.15, 0.2) is 6.33 Å². The Bertz CT molecular complexity index is 592. The summed E-state index contributed by atoms with van der Waals surface area (Å²) >= 11 is 0. The molecule has 1 aromatic rings. The average Bonchev–Trinajstić information content (AvgIpc) is 3.15. The average molecular weight is 348 g/mol. The van der Waals surface area contributed by atoms with Crippen LogP contribution in [0.3, 0.4) is 0 Å². The molecule has 0 radical (unpaired) electrons.